The number of ether oxygens (including phenoxy) is 1. The number of allylic oxidation sites excluding steroid dienone is 1. The second-order valence-corrected chi connectivity index (χ2v) is 9.71. The SMILES string of the molecule is C=C(C)S(=O)(=O)Nc1cccc(Cc2c(C)c3ccc(Oc4ncccc4F)cc3oc2=O)c1F. The average molecular weight is 499 g/mol. The Morgan fingerprint density at radius 1 is 1.17 bits per heavy atom. The Morgan fingerprint density at radius 3 is 2.66 bits per heavy atom. The Hall–Kier alpha value is -4.05. The van der Waals surface area contributed by atoms with Gasteiger partial charge in [-0.05, 0) is 55.3 Å². The molecule has 0 saturated carbocycles. The van der Waals surface area contributed by atoms with Crippen molar-refractivity contribution < 1.29 is 26.4 Å². The minimum atomic E-state index is -3.94. The molecule has 0 amide bonds. The standard InChI is InChI=1S/C25H20F2N2O5S/c1-14(2)35(31,32)29-21-8-4-6-16(23(21)27)12-19-15(3)18-10-9-17(13-22(18)34-25(19)30)33-24-20(26)7-5-11-28-24/h4-11,13,29H,1,12H2,2-3H3. The van der Waals surface area contributed by atoms with Gasteiger partial charge in [0.25, 0.3) is 15.9 Å². The molecule has 2 heterocycles. The molecule has 0 aliphatic heterocycles. The van der Waals surface area contributed by atoms with E-state index in [0.29, 0.717) is 10.9 Å². The van der Waals surface area contributed by atoms with Gasteiger partial charge in [0.05, 0.1) is 10.6 Å². The molecule has 4 aromatic rings. The molecule has 0 aliphatic carbocycles. The molecule has 0 atom stereocenters. The number of rotatable bonds is 7. The van der Waals surface area contributed by atoms with Crippen LogP contribution in [-0.2, 0) is 16.4 Å². The first-order valence-corrected chi connectivity index (χ1v) is 11.9. The van der Waals surface area contributed by atoms with E-state index >= 15 is 4.39 Å². The third kappa shape index (κ3) is 4.92. The lowest BCUT2D eigenvalue weighted by Gasteiger charge is -2.13. The highest BCUT2D eigenvalue weighted by Gasteiger charge is 2.19. The number of sulfonamides is 1. The summed E-state index contributed by atoms with van der Waals surface area (Å²) in [7, 11) is -3.94. The Kier molecular flexibility index (Phi) is 6.40. The highest BCUT2D eigenvalue weighted by atomic mass is 32.2. The minimum Gasteiger partial charge on any atom is -0.436 e. The highest BCUT2D eigenvalue weighted by molar-refractivity contribution is 7.96. The summed E-state index contributed by atoms with van der Waals surface area (Å²) in [5, 5.41) is 0.577. The third-order valence-electron chi connectivity index (χ3n) is 5.35. The van der Waals surface area contributed by atoms with E-state index in [-0.39, 0.29) is 45.4 Å². The molecular formula is C25H20F2N2O5S. The Bertz CT molecular complexity index is 1630. The highest BCUT2D eigenvalue weighted by Crippen LogP contribution is 2.29. The van der Waals surface area contributed by atoms with Crippen molar-refractivity contribution in [2.75, 3.05) is 4.72 Å². The van der Waals surface area contributed by atoms with Crippen molar-refractivity contribution in [3.8, 4) is 11.6 Å². The summed E-state index contributed by atoms with van der Waals surface area (Å²) in [5.41, 5.74) is 0.126. The molecule has 0 saturated heterocycles. The van der Waals surface area contributed by atoms with Crippen LogP contribution in [0.15, 0.2) is 75.4 Å². The molecule has 10 heteroatoms. The van der Waals surface area contributed by atoms with Crippen LogP contribution in [-0.4, -0.2) is 13.4 Å². The van der Waals surface area contributed by atoms with Crippen LogP contribution in [0.1, 0.15) is 23.6 Å². The smallest absolute Gasteiger partial charge is 0.340 e. The van der Waals surface area contributed by atoms with E-state index < -0.39 is 27.3 Å². The number of aryl methyl sites for hydroxylation is 1. The fourth-order valence-electron chi connectivity index (χ4n) is 3.42. The first kappa shape index (κ1) is 24.1. The normalized spacial score (nSPS) is 11.4. The molecule has 35 heavy (non-hydrogen) atoms. The van der Waals surface area contributed by atoms with Crippen molar-refractivity contribution in [3.05, 3.63) is 105 Å². The van der Waals surface area contributed by atoms with Crippen LogP contribution in [0.25, 0.3) is 11.0 Å². The Balaban J connectivity index is 1.68. The van der Waals surface area contributed by atoms with Gasteiger partial charge in [0.1, 0.15) is 11.3 Å². The van der Waals surface area contributed by atoms with Gasteiger partial charge in [-0.2, -0.15) is 0 Å². The van der Waals surface area contributed by atoms with Crippen molar-refractivity contribution in [3.63, 3.8) is 0 Å². The quantitative estimate of drug-likeness (QED) is 0.341. The third-order valence-corrected chi connectivity index (χ3v) is 6.75. The monoisotopic (exact) mass is 498 g/mol. The van der Waals surface area contributed by atoms with Gasteiger partial charge in [0.2, 0.25) is 0 Å². The molecule has 0 spiro atoms. The molecule has 0 radical (unpaired) electrons. The van der Waals surface area contributed by atoms with Crippen molar-refractivity contribution >= 4 is 26.7 Å². The van der Waals surface area contributed by atoms with Crippen molar-refractivity contribution in [1.82, 2.24) is 4.98 Å². The molecule has 1 N–H and O–H groups in total. The number of fused-ring (bicyclic) bond motifs is 1. The van der Waals surface area contributed by atoms with Crippen LogP contribution in [0.4, 0.5) is 14.5 Å². The molecule has 4 rings (SSSR count). The van der Waals surface area contributed by atoms with Crippen LogP contribution in [0.2, 0.25) is 0 Å². The molecule has 0 unspecified atom stereocenters. The van der Waals surface area contributed by atoms with Gasteiger partial charge in [-0.3, -0.25) is 4.72 Å². The topological polar surface area (TPSA) is 98.5 Å². The predicted molar refractivity (Wildman–Crippen MR) is 128 cm³/mol. The van der Waals surface area contributed by atoms with Gasteiger partial charge in [-0.25, -0.2) is 27.0 Å². The first-order chi connectivity index (χ1) is 16.6. The molecule has 0 fully saturated rings. The minimum absolute atomic E-state index is 0.104. The number of nitrogens with zero attached hydrogens (tertiary/aromatic N) is 1. The van der Waals surface area contributed by atoms with Crippen LogP contribution in [0.5, 0.6) is 11.6 Å². The lowest BCUT2D eigenvalue weighted by Crippen LogP contribution is -2.15. The largest absolute Gasteiger partial charge is 0.436 e. The number of pyridine rings is 1. The zero-order valence-electron chi connectivity index (χ0n) is 18.8. The van der Waals surface area contributed by atoms with Crippen molar-refractivity contribution in [2.45, 2.75) is 20.3 Å². The van der Waals surface area contributed by atoms with Gasteiger partial charge in [-0.15, -0.1) is 0 Å². The number of benzene rings is 2. The summed E-state index contributed by atoms with van der Waals surface area (Å²) >= 11 is 0. The lowest BCUT2D eigenvalue weighted by molar-refractivity contribution is 0.422. The lowest BCUT2D eigenvalue weighted by atomic mass is 9.99. The van der Waals surface area contributed by atoms with Gasteiger partial charge in [-0.1, -0.05) is 18.7 Å². The molecule has 2 aromatic heterocycles. The number of halogens is 2. The molecule has 0 aliphatic rings. The average Bonchev–Trinajstić information content (AvgIpc) is 2.80. The van der Waals surface area contributed by atoms with Crippen LogP contribution in [0.3, 0.4) is 0 Å². The van der Waals surface area contributed by atoms with E-state index in [0.717, 1.165) is 0 Å². The fraction of sp³-hybridized carbons (Fsp3) is 0.120. The van der Waals surface area contributed by atoms with E-state index in [9.17, 15) is 17.6 Å². The fourth-order valence-corrected chi connectivity index (χ4v) is 4.04. The van der Waals surface area contributed by atoms with E-state index in [2.05, 4.69) is 16.3 Å². The molecule has 0 bridgehead atoms. The van der Waals surface area contributed by atoms with Gasteiger partial charge >= 0.3 is 5.63 Å². The summed E-state index contributed by atoms with van der Waals surface area (Å²) in [6, 6.07) is 11.5. The summed E-state index contributed by atoms with van der Waals surface area (Å²) in [6.07, 6.45) is 1.25. The molecule has 180 valence electrons. The zero-order valence-corrected chi connectivity index (χ0v) is 19.6. The van der Waals surface area contributed by atoms with Gasteiger partial charge < -0.3 is 9.15 Å². The number of aromatic nitrogens is 1. The molecular weight excluding hydrogens is 478 g/mol. The van der Waals surface area contributed by atoms with Gasteiger partial charge in [0.15, 0.2) is 11.6 Å². The summed E-state index contributed by atoms with van der Waals surface area (Å²) in [6.45, 7) is 6.35. The predicted octanol–water partition coefficient (Wildman–Crippen LogP) is 5.43. The molecule has 7 nitrogen and oxygen atoms in total. The Morgan fingerprint density at radius 2 is 1.94 bits per heavy atom. The summed E-state index contributed by atoms with van der Waals surface area (Å²) < 4.78 is 66.1. The first-order valence-electron chi connectivity index (χ1n) is 10.4. The van der Waals surface area contributed by atoms with Crippen molar-refractivity contribution in [2.24, 2.45) is 0 Å². The van der Waals surface area contributed by atoms with E-state index in [1.54, 1.807) is 19.1 Å². The second-order valence-electron chi connectivity index (χ2n) is 7.81. The van der Waals surface area contributed by atoms with Crippen LogP contribution in [0, 0.1) is 18.6 Å². The summed E-state index contributed by atoms with van der Waals surface area (Å²) in [4.78, 5) is 16.4. The zero-order chi connectivity index (χ0) is 25.3. The second kappa shape index (κ2) is 9.30. The maximum Gasteiger partial charge on any atom is 0.340 e. The van der Waals surface area contributed by atoms with Crippen LogP contribution >= 0.6 is 0 Å². The van der Waals surface area contributed by atoms with E-state index in [1.165, 1.54) is 49.5 Å². The maximum absolute atomic E-state index is 15.1. The number of nitrogens with one attached hydrogen (secondary N) is 1. The van der Waals surface area contributed by atoms with Gasteiger partial charge in [0, 0.05) is 29.6 Å². The van der Waals surface area contributed by atoms with E-state index in [4.69, 9.17) is 9.15 Å². The van der Waals surface area contributed by atoms with E-state index in [1.807, 2.05) is 0 Å². The number of hydrogen-bond donors (Lipinski definition) is 1. The van der Waals surface area contributed by atoms with Crippen molar-refractivity contribution in [1.29, 1.82) is 0 Å². The maximum atomic E-state index is 15.1. The number of hydrogen-bond acceptors (Lipinski definition) is 6. The summed E-state index contributed by atoms with van der Waals surface area (Å²) in [5.74, 6) is -1.46. The molecule has 2 aromatic carbocycles. The number of anilines is 1. The Labute approximate surface area is 199 Å². The van der Waals surface area contributed by atoms with Crippen LogP contribution < -0.4 is 15.1 Å².